The lowest BCUT2D eigenvalue weighted by atomic mass is 9.95. The maximum Gasteiger partial charge on any atom is 0.277 e. The van der Waals surface area contributed by atoms with Crippen molar-refractivity contribution in [2.45, 2.75) is 31.1 Å². The summed E-state index contributed by atoms with van der Waals surface area (Å²) < 4.78 is 1.41. The van der Waals surface area contributed by atoms with Gasteiger partial charge in [-0.1, -0.05) is 0 Å². The molecule has 3 aromatic rings. The molecule has 0 unspecified atom stereocenters. The Morgan fingerprint density at radius 2 is 1.76 bits per heavy atom. The van der Waals surface area contributed by atoms with Gasteiger partial charge in [-0.15, -0.1) is 0 Å². The fourth-order valence-electron chi connectivity index (χ4n) is 4.63. The fraction of sp³-hybridized carbons (Fsp3) is 0.278. The van der Waals surface area contributed by atoms with Crippen molar-refractivity contribution in [2.24, 2.45) is 0 Å². The molecule has 0 saturated heterocycles. The third kappa shape index (κ3) is 1.72. The van der Waals surface area contributed by atoms with E-state index in [2.05, 4.69) is 4.98 Å². The van der Waals surface area contributed by atoms with Gasteiger partial charge in [-0.25, -0.2) is 0 Å². The van der Waals surface area contributed by atoms with Crippen LogP contribution in [0.2, 0.25) is 0 Å². The number of nitro groups is 1. The molecule has 0 amide bonds. The molecule has 126 valence electrons. The highest BCUT2D eigenvalue weighted by molar-refractivity contribution is 5.96. The van der Waals surface area contributed by atoms with Gasteiger partial charge in [0.1, 0.15) is 0 Å². The highest BCUT2D eigenvalue weighted by Gasteiger charge is 2.44. The Morgan fingerprint density at radius 1 is 1.08 bits per heavy atom. The Hall–Kier alpha value is -3.09. The predicted octanol–water partition coefficient (Wildman–Crippen LogP) is 3.71. The SMILES string of the molecule is O=[N+]([O-])c1ccc(-n2c(O)c3c(c2O)[C@H]2CC[C@@H]3C2)c2cnccc12. The Morgan fingerprint density at radius 3 is 2.40 bits per heavy atom. The molecule has 2 aromatic heterocycles. The minimum atomic E-state index is -0.443. The summed E-state index contributed by atoms with van der Waals surface area (Å²) in [4.78, 5) is 14.9. The Labute approximate surface area is 142 Å². The predicted molar refractivity (Wildman–Crippen MR) is 90.4 cm³/mol. The number of hydrogen-bond acceptors (Lipinski definition) is 5. The van der Waals surface area contributed by atoms with Gasteiger partial charge in [-0.2, -0.15) is 0 Å². The number of aromatic hydroxyl groups is 2. The number of non-ortho nitro benzene ring substituents is 1. The van der Waals surface area contributed by atoms with Crippen molar-refractivity contribution in [3.05, 3.63) is 51.8 Å². The van der Waals surface area contributed by atoms with Crippen LogP contribution in [0.5, 0.6) is 11.8 Å². The van der Waals surface area contributed by atoms with E-state index >= 15 is 0 Å². The zero-order valence-corrected chi connectivity index (χ0v) is 13.2. The number of aromatic nitrogens is 2. The number of nitrogens with zero attached hydrogens (tertiary/aromatic N) is 3. The molecule has 2 heterocycles. The molecule has 0 aliphatic heterocycles. The molecule has 2 atom stereocenters. The minimum absolute atomic E-state index is 0.0279. The average Bonchev–Trinajstić information content (AvgIpc) is 3.28. The van der Waals surface area contributed by atoms with Gasteiger partial charge in [0.15, 0.2) is 0 Å². The van der Waals surface area contributed by atoms with Crippen molar-refractivity contribution in [1.82, 2.24) is 9.55 Å². The van der Waals surface area contributed by atoms with E-state index in [4.69, 9.17) is 0 Å². The van der Waals surface area contributed by atoms with Gasteiger partial charge in [0.25, 0.3) is 5.69 Å². The third-order valence-electron chi connectivity index (χ3n) is 5.65. The van der Waals surface area contributed by atoms with Crippen LogP contribution in [-0.4, -0.2) is 24.7 Å². The van der Waals surface area contributed by atoms with Crippen LogP contribution in [0.15, 0.2) is 30.6 Å². The second kappa shape index (κ2) is 4.72. The molecule has 1 aromatic carbocycles. The summed E-state index contributed by atoms with van der Waals surface area (Å²) in [5.41, 5.74) is 2.14. The zero-order chi connectivity index (χ0) is 17.3. The van der Waals surface area contributed by atoms with E-state index in [0.29, 0.717) is 16.5 Å². The van der Waals surface area contributed by atoms with Gasteiger partial charge < -0.3 is 10.2 Å². The van der Waals surface area contributed by atoms with E-state index in [0.717, 1.165) is 30.4 Å². The van der Waals surface area contributed by atoms with Crippen molar-refractivity contribution < 1.29 is 15.1 Å². The van der Waals surface area contributed by atoms with E-state index in [9.17, 15) is 20.3 Å². The molecule has 7 heteroatoms. The summed E-state index contributed by atoms with van der Waals surface area (Å²) >= 11 is 0. The molecule has 1 saturated carbocycles. The monoisotopic (exact) mass is 337 g/mol. The van der Waals surface area contributed by atoms with Gasteiger partial charge >= 0.3 is 0 Å². The van der Waals surface area contributed by atoms with E-state index in [1.165, 1.54) is 23.0 Å². The molecule has 5 rings (SSSR count). The Bertz CT molecular complexity index is 1020. The molecule has 2 bridgehead atoms. The summed E-state index contributed by atoms with van der Waals surface area (Å²) in [5, 5.41) is 33.8. The second-order valence-corrected chi connectivity index (χ2v) is 6.80. The average molecular weight is 337 g/mol. The standard InChI is InChI=1S/C18H15N3O4/c22-17-15-9-1-2-10(7-9)16(15)18(23)20(17)13-3-4-14(21(24)25)11-5-6-19-8-12(11)13/h3-6,8-10,22-23H,1-2,7H2/t9-,10+. The number of nitro benzene ring substituents is 1. The van der Waals surface area contributed by atoms with E-state index in [1.54, 1.807) is 12.1 Å². The van der Waals surface area contributed by atoms with Crippen molar-refractivity contribution >= 4 is 16.5 Å². The van der Waals surface area contributed by atoms with Gasteiger partial charge in [-0.05, 0) is 43.2 Å². The van der Waals surface area contributed by atoms with Crippen LogP contribution in [0.3, 0.4) is 0 Å². The summed E-state index contributed by atoms with van der Waals surface area (Å²) in [6.07, 6.45) is 6.05. The molecule has 2 aliphatic carbocycles. The minimum Gasteiger partial charge on any atom is -0.494 e. The van der Waals surface area contributed by atoms with Crippen LogP contribution in [0.1, 0.15) is 42.2 Å². The fourth-order valence-corrected chi connectivity index (χ4v) is 4.63. The third-order valence-corrected chi connectivity index (χ3v) is 5.65. The van der Waals surface area contributed by atoms with Crippen LogP contribution in [-0.2, 0) is 0 Å². The molecular weight excluding hydrogens is 322 g/mol. The molecule has 1 fully saturated rings. The molecule has 0 radical (unpaired) electrons. The first kappa shape index (κ1) is 14.3. The lowest BCUT2D eigenvalue weighted by Gasteiger charge is -2.12. The van der Waals surface area contributed by atoms with Gasteiger partial charge in [0.05, 0.1) is 16.0 Å². The van der Waals surface area contributed by atoms with Crippen molar-refractivity contribution in [1.29, 1.82) is 0 Å². The summed E-state index contributed by atoms with van der Waals surface area (Å²) in [7, 11) is 0. The van der Waals surface area contributed by atoms with Crippen LogP contribution >= 0.6 is 0 Å². The summed E-state index contributed by atoms with van der Waals surface area (Å²) in [6.45, 7) is 0. The van der Waals surface area contributed by atoms with Crippen molar-refractivity contribution in [3.8, 4) is 17.4 Å². The normalized spacial score (nSPS) is 21.0. The highest BCUT2D eigenvalue weighted by Crippen LogP contribution is 2.60. The number of rotatable bonds is 2. The highest BCUT2D eigenvalue weighted by atomic mass is 16.6. The van der Waals surface area contributed by atoms with Crippen molar-refractivity contribution in [2.75, 3.05) is 0 Å². The number of benzene rings is 1. The largest absolute Gasteiger partial charge is 0.494 e. The smallest absolute Gasteiger partial charge is 0.277 e. The molecule has 2 N–H and O–H groups in total. The maximum absolute atomic E-state index is 11.3. The lowest BCUT2D eigenvalue weighted by Crippen LogP contribution is -1.99. The molecule has 0 spiro atoms. The zero-order valence-electron chi connectivity index (χ0n) is 13.2. The Balaban J connectivity index is 1.82. The first-order valence-corrected chi connectivity index (χ1v) is 8.25. The summed E-state index contributed by atoms with van der Waals surface area (Å²) in [5.74, 6) is 0.654. The summed E-state index contributed by atoms with van der Waals surface area (Å²) in [6, 6.07) is 4.53. The number of hydrogen-bond donors (Lipinski definition) is 2. The maximum atomic E-state index is 11.3. The molecule has 7 nitrogen and oxygen atoms in total. The molecule has 25 heavy (non-hydrogen) atoms. The Kier molecular flexibility index (Phi) is 2.69. The molecule has 2 aliphatic rings. The van der Waals surface area contributed by atoms with Crippen LogP contribution in [0.4, 0.5) is 5.69 Å². The van der Waals surface area contributed by atoms with Crippen molar-refractivity contribution in [3.63, 3.8) is 0 Å². The quantitative estimate of drug-likeness (QED) is 0.548. The molecular formula is C18H15N3O4. The number of fused-ring (bicyclic) bond motifs is 6. The first-order valence-electron chi connectivity index (χ1n) is 8.25. The van der Waals surface area contributed by atoms with E-state index in [-0.39, 0.29) is 29.3 Å². The van der Waals surface area contributed by atoms with Gasteiger partial charge in [-0.3, -0.25) is 19.7 Å². The van der Waals surface area contributed by atoms with E-state index < -0.39 is 4.92 Å². The van der Waals surface area contributed by atoms with Crippen LogP contribution in [0.25, 0.3) is 16.5 Å². The van der Waals surface area contributed by atoms with Crippen LogP contribution < -0.4 is 0 Å². The van der Waals surface area contributed by atoms with Crippen LogP contribution in [0, 0.1) is 10.1 Å². The lowest BCUT2D eigenvalue weighted by molar-refractivity contribution is -0.383. The second-order valence-electron chi connectivity index (χ2n) is 6.80. The topological polar surface area (TPSA) is 101 Å². The van der Waals surface area contributed by atoms with E-state index in [1.807, 2.05) is 0 Å². The number of pyridine rings is 1. The van der Waals surface area contributed by atoms with Gasteiger partial charge in [0, 0.05) is 35.0 Å². The van der Waals surface area contributed by atoms with Gasteiger partial charge in [0.2, 0.25) is 11.8 Å². The first-order chi connectivity index (χ1) is 12.1.